The lowest BCUT2D eigenvalue weighted by Crippen LogP contribution is -2.37. The van der Waals surface area contributed by atoms with Gasteiger partial charge in [0.1, 0.15) is 0 Å². The molecule has 0 aromatic heterocycles. The fraction of sp³-hybridized carbons (Fsp3) is 0.793. The molecular weight excluding hydrogens is 533 g/mol. The molecule has 210 valence electrons. The van der Waals surface area contributed by atoms with E-state index in [4.69, 9.17) is 9.31 Å². The highest BCUT2D eigenvalue weighted by molar-refractivity contribution is 9.09. The molecule has 1 aliphatic carbocycles. The number of amides is 2. The molecule has 0 aromatic rings. The second kappa shape index (κ2) is 18.4. The van der Waals surface area contributed by atoms with Gasteiger partial charge in [-0.2, -0.15) is 0 Å². The van der Waals surface area contributed by atoms with Crippen molar-refractivity contribution < 1.29 is 24.0 Å². The van der Waals surface area contributed by atoms with Gasteiger partial charge in [-0.25, -0.2) is 0 Å². The summed E-state index contributed by atoms with van der Waals surface area (Å²) in [5.41, 5.74) is 0. The van der Waals surface area contributed by atoms with E-state index in [2.05, 4.69) is 41.1 Å². The molecule has 0 radical (unpaired) electrons. The van der Waals surface area contributed by atoms with E-state index in [1.165, 1.54) is 4.90 Å². The van der Waals surface area contributed by atoms with Crippen LogP contribution in [0.4, 0.5) is 0 Å². The van der Waals surface area contributed by atoms with Crippen molar-refractivity contribution in [1.82, 2.24) is 4.90 Å². The van der Waals surface area contributed by atoms with Gasteiger partial charge in [-0.1, -0.05) is 73.3 Å². The molecule has 1 heterocycles. The number of halogens is 1. The Bertz CT molecular complexity index is 733. The van der Waals surface area contributed by atoms with Crippen LogP contribution in [0.5, 0.6) is 0 Å². The number of imide groups is 1. The SMILES string of the molecule is CCCCB1OC2CC(O1)[C@H](C=C[C@@H](O)CC)[C@H]2C=CCCCCC(=O)N(CC)C(=O)CCCCCBr. The highest BCUT2D eigenvalue weighted by Crippen LogP contribution is 2.43. The summed E-state index contributed by atoms with van der Waals surface area (Å²) in [6, 6.07) is 0. The third kappa shape index (κ3) is 11.0. The zero-order chi connectivity index (χ0) is 27.0. The van der Waals surface area contributed by atoms with Crippen molar-refractivity contribution in [2.75, 3.05) is 11.9 Å². The van der Waals surface area contributed by atoms with Crippen molar-refractivity contribution in [3.05, 3.63) is 24.3 Å². The summed E-state index contributed by atoms with van der Waals surface area (Å²) in [5, 5.41) is 11.0. The maximum Gasteiger partial charge on any atom is 0.457 e. The van der Waals surface area contributed by atoms with Crippen LogP contribution in [-0.2, 0) is 18.9 Å². The van der Waals surface area contributed by atoms with E-state index in [0.717, 1.165) is 69.4 Å². The van der Waals surface area contributed by atoms with Crippen LogP contribution < -0.4 is 0 Å². The highest BCUT2D eigenvalue weighted by Gasteiger charge is 2.48. The number of carbonyl (C=O) groups excluding carboxylic acids is 2. The summed E-state index contributed by atoms with van der Waals surface area (Å²) in [4.78, 5) is 26.4. The van der Waals surface area contributed by atoms with E-state index in [9.17, 15) is 14.7 Å². The average molecular weight is 582 g/mol. The number of nitrogens with zero attached hydrogens (tertiary/aromatic N) is 1. The van der Waals surface area contributed by atoms with Crippen molar-refractivity contribution in [1.29, 1.82) is 0 Å². The maximum absolute atomic E-state index is 12.6. The summed E-state index contributed by atoms with van der Waals surface area (Å²) in [6.45, 7) is 6.48. The molecule has 2 rings (SSSR count). The Morgan fingerprint density at radius 1 is 0.973 bits per heavy atom. The number of allylic oxidation sites excluding steroid dienone is 1. The average Bonchev–Trinajstić information content (AvgIpc) is 3.14. The van der Waals surface area contributed by atoms with Crippen molar-refractivity contribution in [3.8, 4) is 0 Å². The lowest BCUT2D eigenvalue weighted by Gasteiger charge is -2.27. The van der Waals surface area contributed by atoms with E-state index >= 15 is 0 Å². The lowest BCUT2D eigenvalue weighted by molar-refractivity contribution is -0.144. The van der Waals surface area contributed by atoms with Gasteiger partial charge in [0.2, 0.25) is 11.8 Å². The Morgan fingerprint density at radius 2 is 1.62 bits per heavy atom. The largest absolute Gasteiger partial charge is 0.457 e. The molecule has 2 amide bonds. The fourth-order valence-electron chi connectivity index (χ4n) is 5.26. The predicted molar refractivity (Wildman–Crippen MR) is 155 cm³/mol. The smallest absolute Gasteiger partial charge is 0.408 e. The number of aliphatic hydroxyl groups excluding tert-OH is 1. The predicted octanol–water partition coefficient (Wildman–Crippen LogP) is 6.47. The van der Waals surface area contributed by atoms with Gasteiger partial charge in [0.25, 0.3) is 0 Å². The van der Waals surface area contributed by atoms with Crippen LogP contribution >= 0.6 is 15.9 Å². The van der Waals surface area contributed by atoms with Gasteiger partial charge in [-0.3, -0.25) is 14.5 Å². The first kappa shape index (κ1) is 32.3. The van der Waals surface area contributed by atoms with Crippen LogP contribution in [0.15, 0.2) is 24.3 Å². The second-order valence-corrected chi connectivity index (χ2v) is 11.2. The van der Waals surface area contributed by atoms with Crippen LogP contribution in [0.2, 0.25) is 6.32 Å². The van der Waals surface area contributed by atoms with Gasteiger partial charge < -0.3 is 14.4 Å². The number of hydrogen-bond donors (Lipinski definition) is 1. The maximum atomic E-state index is 12.6. The summed E-state index contributed by atoms with van der Waals surface area (Å²) < 4.78 is 12.6. The Kier molecular flexibility index (Phi) is 16.0. The second-order valence-electron chi connectivity index (χ2n) is 10.4. The normalized spacial score (nSPS) is 24.3. The number of rotatable bonds is 18. The molecular formula is C29H49BBrNO5. The number of carbonyl (C=O) groups is 2. The molecule has 1 N–H and O–H groups in total. The third-order valence-electron chi connectivity index (χ3n) is 7.50. The van der Waals surface area contributed by atoms with E-state index in [1.54, 1.807) is 0 Å². The zero-order valence-corrected chi connectivity index (χ0v) is 24.9. The number of aliphatic hydroxyl groups is 1. The molecule has 6 nitrogen and oxygen atoms in total. The molecule has 8 heteroatoms. The zero-order valence-electron chi connectivity index (χ0n) is 23.3. The molecule has 1 aliphatic heterocycles. The molecule has 2 aliphatic rings. The minimum Gasteiger partial charge on any atom is -0.408 e. The fourth-order valence-corrected chi connectivity index (χ4v) is 5.65. The first-order valence-corrected chi connectivity index (χ1v) is 15.8. The van der Waals surface area contributed by atoms with Crippen molar-refractivity contribution in [3.63, 3.8) is 0 Å². The Labute approximate surface area is 233 Å². The molecule has 5 atom stereocenters. The molecule has 0 spiro atoms. The summed E-state index contributed by atoms with van der Waals surface area (Å²) in [5.74, 6) is 0.344. The van der Waals surface area contributed by atoms with Crippen LogP contribution in [0.1, 0.15) is 97.8 Å². The topological polar surface area (TPSA) is 76.1 Å². The van der Waals surface area contributed by atoms with Gasteiger partial charge in [-0.15, -0.1) is 0 Å². The van der Waals surface area contributed by atoms with E-state index < -0.39 is 6.10 Å². The van der Waals surface area contributed by atoms with Gasteiger partial charge in [0.05, 0.1) is 18.3 Å². The Balaban J connectivity index is 1.83. The molecule has 2 unspecified atom stereocenters. The van der Waals surface area contributed by atoms with Gasteiger partial charge in [-0.05, 0) is 58.2 Å². The van der Waals surface area contributed by atoms with E-state index in [-0.39, 0.29) is 43.0 Å². The van der Waals surface area contributed by atoms with Crippen molar-refractivity contribution in [2.24, 2.45) is 11.8 Å². The quantitative estimate of drug-likeness (QED) is 0.0868. The highest BCUT2D eigenvalue weighted by atomic mass is 79.9. The van der Waals surface area contributed by atoms with Crippen molar-refractivity contribution >= 4 is 34.9 Å². The molecule has 2 fully saturated rings. The first-order valence-electron chi connectivity index (χ1n) is 14.7. The third-order valence-corrected chi connectivity index (χ3v) is 8.06. The Hall–Kier alpha value is -0.955. The minimum absolute atomic E-state index is 0.0407. The van der Waals surface area contributed by atoms with Crippen LogP contribution in [-0.4, -0.2) is 59.1 Å². The summed E-state index contributed by atoms with van der Waals surface area (Å²) >= 11 is 3.41. The first-order chi connectivity index (χ1) is 17.9. The van der Waals surface area contributed by atoms with Crippen LogP contribution in [0.3, 0.4) is 0 Å². The molecule has 1 saturated heterocycles. The van der Waals surface area contributed by atoms with Gasteiger partial charge in [0.15, 0.2) is 0 Å². The molecule has 0 aromatic carbocycles. The number of hydrogen-bond acceptors (Lipinski definition) is 5. The standard InChI is InChI=1S/C29H49BBrNO5/c1-4-7-20-30-36-26-22-27(37-30)25(19-18-23(33)5-2)24(26)15-11-8-9-12-16-28(34)32(6-3)29(35)17-13-10-14-21-31/h11,15,18-19,23-27,33H,4-10,12-14,16-17,20-22H2,1-3H3/t23-,24+,25+,26?,27?/m0/s1. The molecule has 37 heavy (non-hydrogen) atoms. The van der Waals surface area contributed by atoms with E-state index in [1.807, 2.05) is 19.9 Å². The minimum atomic E-state index is -0.427. The monoisotopic (exact) mass is 581 g/mol. The summed E-state index contributed by atoms with van der Waals surface area (Å²) in [7, 11) is -0.131. The lowest BCUT2D eigenvalue weighted by atomic mass is 9.80. The molecule has 1 saturated carbocycles. The van der Waals surface area contributed by atoms with Crippen molar-refractivity contribution in [2.45, 2.75) is 122 Å². The van der Waals surface area contributed by atoms with E-state index in [0.29, 0.717) is 25.8 Å². The number of alkyl halides is 1. The van der Waals surface area contributed by atoms with Gasteiger partial charge >= 0.3 is 7.12 Å². The number of fused-ring (bicyclic) bond motifs is 2. The van der Waals surface area contributed by atoms with Crippen LogP contribution in [0, 0.1) is 11.8 Å². The number of unbranched alkanes of at least 4 members (excludes halogenated alkanes) is 5. The van der Waals surface area contributed by atoms with Gasteiger partial charge in [0, 0.05) is 36.6 Å². The summed E-state index contributed by atoms with van der Waals surface area (Å²) in [6.07, 6.45) is 19.4. The Morgan fingerprint density at radius 3 is 2.22 bits per heavy atom. The van der Waals surface area contributed by atoms with Crippen LogP contribution in [0.25, 0.3) is 0 Å². The molecule has 2 bridgehead atoms.